The summed E-state index contributed by atoms with van der Waals surface area (Å²) in [5.74, 6) is -0.0382. The highest BCUT2D eigenvalue weighted by molar-refractivity contribution is 5.91. The van der Waals surface area contributed by atoms with Crippen molar-refractivity contribution in [2.45, 2.75) is 31.0 Å². The quantitative estimate of drug-likeness (QED) is 0.196. The molecule has 10 nitrogen and oxygen atoms in total. The van der Waals surface area contributed by atoms with Crippen molar-refractivity contribution in [3.05, 3.63) is 0 Å². The maximum absolute atomic E-state index is 9.11. The second kappa shape index (κ2) is 10.5. The first-order valence-electron chi connectivity index (χ1n) is 5.85. The van der Waals surface area contributed by atoms with Crippen LogP contribution in [0.25, 0.3) is 0 Å². The Morgan fingerprint density at radius 3 is 2.19 bits per heavy atom. The number of nitrogens with two attached hydrogens (primary N) is 2. The van der Waals surface area contributed by atoms with Crippen molar-refractivity contribution in [3.63, 3.8) is 0 Å². The average molecular weight is 330 g/mol. The first-order chi connectivity index (χ1) is 9.18. The van der Waals surface area contributed by atoms with Gasteiger partial charge in [-0.05, 0) is 0 Å². The molecule has 0 aromatic rings. The first-order valence-corrected chi connectivity index (χ1v) is 5.85. The number of aliphatic hydroxyl groups is 4. The van der Waals surface area contributed by atoms with Crippen molar-refractivity contribution in [2.24, 2.45) is 16.5 Å². The molecule has 0 saturated carbocycles. The number of hydrogen-bond donors (Lipinski definition) is 7. The summed E-state index contributed by atoms with van der Waals surface area (Å²) in [5.41, 5.74) is 9.98. The maximum Gasteiger partial charge on any atom is 0.220 e. The van der Waals surface area contributed by atoms with E-state index in [1.165, 1.54) is 4.90 Å². The fraction of sp³-hybridized carbons (Fsp3) is 0.800. The summed E-state index contributed by atoms with van der Waals surface area (Å²) in [4.78, 5) is 4.96. The van der Waals surface area contributed by atoms with Crippen LogP contribution in [0.15, 0.2) is 4.99 Å². The zero-order valence-electron chi connectivity index (χ0n) is 11.9. The number of aliphatic imine (C=N–C) groups is 1. The number of hydrogen-bond acceptors (Lipinski definition) is 6. The summed E-state index contributed by atoms with van der Waals surface area (Å²) in [5, 5.41) is 42.7. The van der Waals surface area contributed by atoms with Crippen LogP contribution in [0.2, 0.25) is 0 Å². The van der Waals surface area contributed by atoms with Crippen LogP contribution in [0, 0.1) is 5.41 Å². The molecule has 126 valence electrons. The highest BCUT2D eigenvalue weighted by Gasteiger charge is 2.35. The van der Waals surface area contributed by atoms with Gasteiger partial charge in [0.05, 0.1) is 12.7 Å². The normalized spacial score (nSPS) is 27.5. The number of nitrogens with one attached hydrogen (secondary N) is 1. The van der Waals surface area contributed by atoms with E-state index in [0.717, 1.165) is 0 Å². The Bertz CT molecular complexity index is 340. The van der Waals surface area contributed by atoms with Gasteiger partial charge in [0, 0.05) is 20.5 Å². The fourth-order valence-electron chi connectivity index (χ4n) is 1.30. The fourth-order valence-corrected chi connectivity index (χ4v) is 1.30. The van der Waals surface area contributed by atoms with E-state index in [0.29, 0.717) is 0 Å². The molecule has 21 heavy (non-hydrogen) atoms. The molecule has 4 atom stereocenters. The van der Waals surface area contributed by atoms with E-state index in [4.69, 9.17) is 42.0 Å². The predicted molar refractivity (Wildman–Crippen MR) is 79.1 cm³/mol. The van der Waals surface area contributed by atoms with Crippen LogP contribution in [0.3, 0.4) is 0 Å². The van der Waals surface area contributed by atoms with E-state index in [9.17, 15) is 0 Å². The molecule has 1 aliphatic rings. The lowest BCUT2D eigenvalue weighted by molar-refractivity contribution is -0.239. The predicted octanol–water partition coefficient (Wildman–Crippen LogP) is -3.01. The van der Waals surface area contributed by atoms with Crippen LogP contribution in [0.1, 0.15) is 6.42 Å². The van der Waals surface area contributed by atoms with Gasteiger partial charge < -0.3 is 41.5 Å². The molecular formula is C10H24ClN5O5. The molecule has 0 bridgehead atoms. The monoisotopic (exact) mass is 329 g/mol. The van der Waals surface area contributed by atoms with Crippen LogP contribution < -0.4 is 11.5 Å². The van der Waals surface area contributed by atoms with Crippen molar-refractivity contribution >= 4 is 24.3 Å². The third-order valence-corrected chi connectivity index (χ3v) is 2.39. The van der Waals surface area contributed by atoms with Crippen molar-refractivity contribution in [3.8, 4) is 0 Å². The third kappa shape index (κ3) is 8.65. The molecule has 0 aromatic heterocycles. The van der Waals surface area contributed by atoms with Crippen molar-refractivity contribution in [1.29, 1.82) is 5.41 Å². The Labute approximate surface area is 128 Å². The molecule has 0 radical (unpaired) electrons. The molecule has 11 heteroatoms. The van der Waals surface area contributed by atoms with Gasteiger partial charge >= 0.3 is 0 Å². The largest absolute Gasteiger partial charge is 0.394 e. The molecule has 0 aliphatic carbocycles. The van der Waals surface area contributed by atoms with Crippen LogP contribution in [-0.4, -0.2) is 82.5 Å². The third-order valence-electron chi connectivity index (χ3n) is 2.39. The summed E-state index contributed by atoms with van der Waals surface area (Å²) in [7, 11) is 3.38. The van der Waals surface area contributed by atoms with E-state index in [2.05, 4.69) is 4.99 Å². The van der Waals surface area contributed by atoms with Crippen molar-refractivity contribution in [2.75, 3.05) is 20.7 Å². The van der Waals surface area contributed by atoms with Gasteiger partial charge in [0.1, 0.15) is 12.2 Å². The SMILES string of the molecule is CN(C)C(=N)N=C(N)N.Cl.OC[C@H]1OC(O)C[C@@H](O)[C@@H]1O. The summed E-state index contributed by atoms with van der Waals surface area (Å²) in [6.07, 6.45) is -4.11. The minimum Gasteiger partial charge on any atom is -0.394 e. The number of rotatable bonds is 1. The van der Waals surface area contributed by atoms with Crippen LogP contribution >= 0.6 is 12.4 Å². The molecule has 1 saturated heterocycles. The van der Waals surface area contributed by atoms with Gasteiger partial charge in [0.25, 0.3) is 0 Å². The minimum absolute atomic E-state index is 0. The Hall–Kier alpha value is -1.17. The van der Waals surface area contributed by atoms with Gasteiger partial charge in [-0.15, -0.1) is 12.4 Å². The number of guanidine groups is 2. The Balaban J connectivity index is 0. The molecular weight excluding hydrogens is 306 g/mol. The lowest BCUT2D eigenvalue weighted by Gasteiger charge is -2.33. The number of ether oxygens (including phenoxy) is 1. The molecule has 0 spiro atoms. The van der Waals surface area contributed by atoms with Crippen LogP contribution in [-0.2, 0) is 4.74 Å². The van der Waals surface area contributed by atoms with Gasteiger partial charge in [-0.3, -0.25) is 5.41 Å². The molecule has 1 heterocycles. The molecule has 1 rings (SSSR count). The Kier molecular flexibility index (Phi) is 11.1. The molecule has 1 unspecified atom stereocenters. The number of nitrogens with zero attached hydrogens (tertiary/aromatic N) is 2. The smallest absolute Gasteiger partial charge is 0.220 e. The molecule has 1 aliphatic heterocycles. The van der Waals surface area contributed by atoms with E-state index in [1.807, 2.05) is 0 Å². The Morgan fingerprint density at radius 2 is 1.86 bits per heavy atom. The van der Waals surface area contributed by atoms with Crippen molar-refractivity contribution < 1.29 is 25.2 Å². The summed E-state index contributed by atoms with van der Waals surface area (Å²) < 4.78 is 4.71. The van der Waals surface area contributed by atoms with Crippen LogP contribution in [0.4, 0.5) is 0 Å². The van der Waals surface area contributed by atoms with E-state index >= 15 is 0 Å². The van der Waals surface area contributed by atoms with Gasteiger partial charge in [0.15, 0.2) is 12.2 Å². The van der Waals surface area contributed by atoms with Gasteiger partial charge in [-0.25, -0.2) is 0 Å². The summed E-state index contributed by atoms with van der Waals surface area (Å²) in [6.45, 7) is -0.407. The van der Waals surface area contributed by atoms with Gasteiger partial charge in [-0.1, -0.05) is 0 Å². The standard InChI is InChI=1S/C6H12O5.C4H11N5.ClH/c7-2-4-6(10)3(8)1-5(9)11-4;1-9(2)4(7)8-3(5)6;/h3-10H,1-2H2;1-2H3,(H5,5,6,7,8);1H/t3-,4-,5?,6+;;/m1../s1. The first kappa shape index (κ1) is 22.1. The lowest BCUT2D eigenvalue weighted by Crippen LogP contribution is -2.49. The second-order valence-electron chi connectivity index (χ2n) is 4.36. The number of aliphatic hydroxyl groups excluding tert-OH is 4. The van der Waals surface area contributed by atoms with E-state index in [1.54, 1.807) is 14.1 Å². The summed E-state index contributed by atoms with van der Waals surface area (Å²) in [6, 6.07) is 0. The molecule has 1 fully saturated rings. The van der Waals surface area contributed by atoms with E-state index in [-0.39, 0.29) is 30.7 Å². The molecule has 9 N–H and O–H groups in total. The zero-order valence-corrected chi connectivity index (χ0v) is 12.7. The minimum atomic E-state index is -1.11. The average Bonchev–Trinajstić information content (AvgIpc) is 2.33. The van der Waals surface area contributed by atoms with Gasteiger partial charge in [0.2, 0.25) is 5.96 Å². The highest BCUT2D eigenvalue weighted by atomic mass is 35.5. The number of halogens is 1. The summed E-state index contributed by atoms with van der Waals surface area (Å²) >= 11 is 0. The second-order valence-corrected chi connectivity index (χ2v) is 4.36. The Morgan fingerprint density at radius 1 is 1.33 bits per heavy atom. The highest BCUT2D eigenvalue weighted by Crippen LogP contribution is 2.18. The lowest BCUT2D eigenvalue weighted by atomic mass is 10.0. The molecule has 0 aromatic carbocycles. The topological polar surface area (TPSA) is 182 Å². The van der Waals surface area contributed by atoms with Crippen molar-refractivity contribution in [1.82, 2.24) is 4.90 Å². The van der Waals surface area contributed by atoms with Gasteiger partial charge in [-0.2, -0.15) is 4.99 Å². The van der Waals surface area contributed by atoms with Crippen LogP contribution in [0.5, 0.6) is 0 Å². The zero-order chi connectivity index (χ0) is 15.9. The van der Waals surface area contributed by atoms with E-state index < -0.39 is 31.2 Å². The molecule has 0 amide bonds. The maximum atomic E-state index is 9.11.